The second kappa shape index (κ2) is 8.52. The minimum atomic E-state index is 0.618. The van der Waals surface area contributed by atoms with Crippen molar-refractivity contribution in [3.63, 3.8) is 0 Å². The second-order valence-electron chi connectivity index (χ2n) is 6.75. The summed E-state index contributed by atoms with van der Waals surface area (Å²) in [5.41, 5.74) is 2.45. The number of nitrogens with one attached hydrogen (secondary N) is 2. The molecule has 0 unspecified atom stereocenters. The van der Waals surface area contributed by atoms with Crippen molar-refractivity contribution in [2.75, 3.05) is 26.2 Å². The molecule has 0 aromatic carbocycles. The molecule has 3 aliphatic rings. The SMILES string of the molecule is Brc1ncc(CNC2CCN(CCN3C=CC=C4NC=CC=C43)CC2)s1. The molecule has 138 valence electrons. The zero-order valence-electron chi connectivity index (χ0n) is 14.7. The lowest BCUT2D eigenvalue weighted by molar-refractivity contribution is 0.186. The summed E-state index contributed by atoms with van der Waals surface area (Å²) in [4.78, 5) is 10.5. The minimum Gasteiger partial charge on any atom is -0.360 e. The third kappa shape index (κ3) is 4.46. The van der Waals surface area contributed by atoms with Crippen LogP contribution < -0.4 is 10.6 Å². The van der Waals surface area contributed by atoms with Gasteiger partial charge >= 0.3 is 0 Å². The molecule has 0 atom stereocenters. The number of halogens is 1. The Morgan fingerprint density at radius 2 is 2.12 bits per heavy atom. The van der Waals surface area contributed by atoms with Gasteiger partial charge in [0.05, 0.1) is 11.4 Å². The van der Waals surface area contributed by atoms with Crippen molar-refractivity contribution in [3.8, 4) is 0 Å². The summed E-state index contributed by atoms with van der Waals surface area (Å²) >= 11 is 5.14. The summed E-state index contributed by atoms with van der Waals surface area (Å²) in [5, 5.41) is 7.00. The van der Waals surface area contributed by atoms with E-state index in [4.69, 9.17) is 0 Å². The van der Waals surface area contributed by atoms with E-state index >= 15 is 0 Å². The van der Waals surface area contributed by atoms with Gasteiger partial charge in [-0.2, -0.15) is 0 Å². The summed E-state index contributed by atoms with van der Waals surface area (Å²) in [5.74, 6) is 0. The van der Waals surface area contributed by atoms with Crippen LogP contribution in [0.5, 0.6) is 0 Å². The number of hydrogen-bond donors (Lipinski definition) is 2. The number of dihydropyridines is 1. The van der Waals surface area contributed by atoms with Crippen molar-refractivity contribution in [1.29, 1.82) is 0 Å². The number of allylic oxidation sites excluding steroid dienone is 4. The molecule has 1 saturated heterocycles. The molecule has 3 aliphatic heterocycles. The van der Waals surface area contributed by atoms with E-state index in [-0.39, 0.29) is 0 Å². The average Bonchev–Trinajstić information content (AvgIpc) is 3.11. The molecular formula is C19H24BrN5S. The summed E-state index contributed by atoms with van der Waals surface area (Å²) in [6, 6.07) is 0.618. The minimum absolute atomic E-state index is 0.618. The fourth-order valence-corrected chi connectivity index (χ4v) is 4.87. The molecule has 1 fully saturated rings. The Morgan fingerprint density at radius 1 is 1.23 bits per heavy atom. The molecule has 7 heteroatoms. The molecular weight excluding hydrogens is 410 g/mol. The molecule has 1 aromatic heterocycles. The van der Waals surface area contributed by atoms with Crippen LogP contribution >= 0.6 is 27.3 Å². The van der Waals surface area contributed by atoms with Gasteiger partial charge in [-0.05, 0) is 66.2 Å². The Hall–Kier alpha value is -1.41. The predicted octanol–water partition coefficient (Wildman–Crippen LogP) is 3.17. The number of thiazole rings is 1. The first-order valence-corrected chi connectivity index (χ1v) is 10.7. The van der Waals surface area contributed by atoms with Crippen LogP contribution in [-0.2, 0) is 6.54 Å². The Morgan fingerprint density at radius 3 is 2.92 bits per heavy atom. The maximum atomic E-state index is 4.25. The molecule has 4 heterocycles. The Kier molecular flexibility index (Phi) is 5.89. The fourth-order valence-electron chi connectivity index (χ4n) is 3.56. The summed E-state index contributed by atoms with van der Waals surface area (Å²) < 4.78 is 0.965. The Balaban J connectivity index is 1.19. The van der Waals surface area contributed by atoms with Crippen LogP contribution in [-0.4, -0.2) is 47.0 Å². The quantitative estimate of drug-likeness (QED) is 0.720. The van der Waals surface area contributed by atoms with Gasteiger partial charge < -0.3 is 20.4 Å². The number of fused-ring (bicyclic) bond motifs is 1. The number of piperidine rings is 1. The van der Waals surface area contributed by atoms with Gasteiger partial charge in [0.15, 0.2) is 3.92 Å². The van der Waals surface area contributed by atoms with E-state index in [1.165, 1.54) is 42.2 Å². The van der Waals surface area contributed by atoms with Crippen molar-refractivity contribution < 1.29 is 0 Å². The molecule has 5 nitrogen and oxygen atoms in total. The van der Waals surface area contributed by atoms with Crippen LogP contribution in [0.4, 0.5) is 0 Å². The van der Waals surface area contributed by atoms with Crippen LogP contribution in [0.3, 0.4) is 0 Å². The van der Waals surface area contributed by atoms with Gasteiger partial charge in [0, 0.05) is 49.2 Å². The first-order valence-electron chi connectivity index (χ1n) is 9.13. The van der Waals surface area contributed by atoms with E-state index in [0.717, 1.165) is 23.6 Å². The monoisotopic (exact) mass is 433 g/mol. The first-order chi connectivity index (χ1) is 12.8. The van der Waals surface area contributed by atoms with E-state index in [1.54, 1.807) is 11.3 Å². The van der Waals surface area contributed by atoms with Gasteiger partial charge in [0.2, 0.25) is 0 Å². The topological polar surface area (TPSA) is 43.4 Å². The summed E-state index contributed by atoms with van der Waals surface area (Å²) in [7, 11) is 0. The molecule has 0 saturated carbocycles. The number of aromatic nitrogens is 1. The highest BCUT2D eigenvalue weighted by molar-refractivity contribution is 9.11. The number of likely N-dealkylation sites (tertiary alicyclic amines) is 1. The molecule has 0 bridgehead atoms. The maximum Gasteiger partial charge on any atom is 0.159 e. The molecule has 26 heavy (non-hydrogen) atoms. The van der Waals surface area contributed by atoms with E-state index in [9.17, 15) is 0 Å². The van der Waals surface area contributed by atoms with Crippen LogP contribution in [0.2, 0.25) is 0 Å². The summed E-state index contributed by atoms with van der Waals surface area (Å²) in [6.45, 7) is 5.40. The van der Waals surface area contributed by atoms with Gasteiger partial charge in [-0.25, -0.2) is 4.98 Å². The Bertz CT molecular complexity index is 743. The number of rotatable bonds is 6. The van der Waals surface area contributed by atoms with Gasteiger partial charge in [-0.1, -0.05) is 0 Å². The molecule has 1 aromatic rings. The third-order valence-electron chi connectivity index (χ3n) is 5.04. The van der Waals surface area contributed by atoms with Crippen molar-refractivity contribution in [1.82, 2.24) is 25.4 Å². The molecule has 0 amide bonds. The lowest BCUT2D eigenvalue weighted by atomic mass is 10.0. The normalized spacial score (nSPS) is 20.6. The molecule has 4 rings (SSSR count). The Labute approximate surface area is 167 Å². The van der Waals surface area contributed by atoms with E-state index in [2.05, 4.69) is 71.9 Å². The van der Waals surface area contributed by atoms with Crippen molar-refractivity contribution in [2.45, 2.75) is 25.4 Å². The van der Waals surface area contributed by atoms with Crippen molar-refractivity contribution >= 4 is 27.3 Å². The van der Waals surface area contributed by atoms with Crippen LogP contribution in [0, 0.1) is 0 Å². The fraction of sp³-hybridized carbons (Fsp3) is 0.421. The first kappa shape index (κ1) is 18.0. The highest BCUT2D eigenvalue weighted by atomic mass is 79.9. The highest BCUT2D eigenvalue weighted by Gasteiger charge is 2.21. The number of hydrogen-bond acceptors (Lipinski definition) is 6. The number of nitrogens with zero attached hydrogens (tertiary/aromatic N) is 3. The van der Waals surface area contributed by atoms with Crippen molar-refractivity contribution in [3.05, 3.63) is 63.1 Å². The average molecular weight is 434 g/mol. The van der Waals surface area contributed by atoms with E-state index < -0.39 is 0 Å². The van der Waals surface area contributed by atoms with Crippen LogP contribution in [0.1, 0.15) is 17.7 Å². The molecule has 0 aliphatic carbocycles. The molecule has 2 N–H and O–H groups in total. The molecule has 0 spiro atoms. The van der Waals surface area contributed by atoms with Gasteiger partial charge in [0.25, 0.3) is 0 Å². The largest absolute Gasteiger partial charge is 0.360 e. The highest BCUT2D eigenvalue weighted by Crippen LogP contribution is 2.22. The van der Waals surface area contributed by atoms with Gasteiger partial charge in [-0.3, -0.25) is 0 Å². The molecule has 0 radical (unpaired) electrons. The van der Waals surface area contributed by atoms with Crippen molar-refractivity contribution in [2.24, 2.45) is 0 Å². The standard InChI is InChI=1S/C19H24BrN5S/c20-19-23-14-16(26-19)13-22-15-5-9-24(10-6-15)11-12-25-8-2-3-17-18(25)4-1-7-21-17/h1-4,7-8,14-15,21-22H,5-6,9-13H2. The lowest BCUT2D eigenvalue weighted by Gasteiger charge is -2.35. The third-order valence-corrected chi connectivity index (χ3v) is 6.51. The zero-order valence-corrected chi connectivity index (χ0v) is 17.1. The zero-order chi connectivity index (χ0) is 17.8. The van der Waals surface area contributed by atoms with E-state index in [1.807, 2.05) is 12.4 Å². The summed E-state index contributed by atoms with van der Waals surface area (Å²) in [6.07, 6.45) is 17.0. The predicted molar refractivity (Wildman–Crippen MR) is 110 cm³/mol. The smallest absolute Gasteiger partial charge is 0.159 e. The van der Waals surface area contributed by atoms with Crippen LogP contribution in [0.15, 0.2) is 58.2 Å². The van der Waals surface area contributed by atoms with E-state index in [0.29, 0.717) is 6.04 Å². The van der Waals surface area contributed by atoms with Gasteiger partial charge in [0.1, 0.15) is 0 Å². The second-order valence-corrected chi connectivity index (χ2v) is 9.14. The maximum absolute atomic E-state index is 4.25. The van der Waals surface area contributed by atoms with Crippen LogP contribution in [0.25, 0.3) is 0 Å². The lowest BCUT2D eigenvalue weighted by Crippen LogP contribution is -2.44. The van der Waals surface area contributed by atoms with Gasteiger partial charge in [-0.15, -0.1) is 11.3 Å².